The second-order valence-corrected chi connectivity index (χ2v) is 10.4. The Balaban J connectivity index is 2.20. The van der Waals surface area contributed by atoms with Crippen LogP contribution in [0.15, 0.2) is 29.2 Å². The number of rotatable bonds is 12. The first-order chi connectivity index (χ1) is 16.1. The van der Waals surface area contributed by atoms with Crippen LogP contribution in [-0.2, 0) is 19.6 Å². The van der Waals surface area contributed by atoms with E-state index in [1.165, 1.54) is 31.4 Å². The van der Waals surface area contributed by atoms with E-state index in [1.54, 1.807) is 24.2 Å². The van der Waals surface area contributed by atoms with E-state index < -0.39 is 27.9 Å². The maximum absolute atomic E-state index is 13.5. The summed E-state index contributed by atoms with van der Waals surface area (Å²) in [5, 5.41) is 18.2. The van der Waals surface area contributed by atoms with Crippen LogP contribution in [0.5, 0.6) is 5.75 Å². The Morgan fingerprint density at radius 2 is 1.76 bits per heavy atom. The fourth-order valence-electron chi connectivity index (χ4n) is 4.00. The van der Waals surface area contributed by atoms with Crippen LogP contribution in [-0.4, -0.2) is 104 Å². The van der Waals surface area contributed by atoms with Gasteiger partial charge in [-0.05, 0) is 36.6 Å². The van der Waals surface area contributed by atoms with Crippen LogP contribution in [0.3, 0.4) is 0 Å². The summed E-state index contributed by atoms with van der Waals surface area (Å²) in [6.07, 6.45) is 0.573. The Morgan fingerprint density at radius 3 is 2.26 bits per heavy atom. The topological polar surface area (TPSA) is 140 Å². The predicted molar refractivity (Wildman–Crippen MR) is 125 cm³/mol. The van der Waals surface area contributed by atoms with Crippen molar-refractivity contribution in [2.45, 2.75) is 37.6 Å². The van der Waals surface area contributed by atoms with Crippen molar-refractivity contribution in [1.82, 2.24) is 19.6 Å². The lowest BCUT2D eigenvalue weighted by molar-refractivity contribution is -0.136. The Morgan fingerprint density at radius 1 is 1.15 bits per heavy atom. The SMILES string of the molecule is COc1ccc(S(=O)(=O)N(CCC(=O)N2CCN(CCCO)CC2)C(C(=O)NO)C(C)C)cc1. The summed E-state index contributed by atoms with van der Waals surface area (Å²) in [5.74, 6) is -1.06. The van der Waals surface area contributed by atoms with E-state index in [1.807, 2.05) is 0 Å². The van der Waals surface area contributed by atoms with Crippen molar-refractivity contribution in [1.29, 1.82) is 0 Å². The number of ether oxygens (including phenoxy) is 1. The lowest BCUT2D eigenvalue weighted by Crippen LogP contribution is -2.53. The lowest BCUT2D eigenvalue weighted by Gasteiger charge is -2.36. The number of amides is 2. The number of hydroxylamine groups is 1. The van der Waals surface area contributed by atoms with Crippen LogP contribution >= 0.6 is 0 Å². The molecular weight excluding hydrogens is 464 g/mol. The first kappa shape index (κ1) is 28.0. The van der Waals surface area contributed by atoms with Crippen molar-refractivity contribution in [3.05, 3.63) is 24.3 Å². The average Bonchev–Trinajstić information content (AvgIpc) is 2.84. The fraction of sp³-hybridized carbons (Fsp3) is 0.636. The third-order valence-electron chi connectivity index (χ3n) is 5.89. The zero-order valence-corrected chi connectivity index (χ0v) is 20.8. The lowest BCUT2D eigenvalue weighted by atomic mass is 10.0. The molecule has 0 aromatic heterocycles. The zero-order valence-electron chi connectivity index (χ0n) is 20.0. The van der Waals surface area contributed by atoms with Gasteiger partial charge in [-0.1, -0.05) is 13.8 Å². The highest BCUT2D eigenvalue weighted by atomic mass is 32.2. The Bertz CT molecular complexity index is 900. The van der Waals surface area contributed by atoms with Gasteiger partial charge in [-0.15, -0.1) is 0 Å². The number of piperazine rings is 1. The summed E-state index contributed by atoms with van der Waals surface area (Å²) in [4.78, 5) is 29.1. The van der Waals surface area contributed by atoms with E-state index in [2.05, 4.69) is 4.90 Å². The molecule has 1 atom stereocenters. The standard InChI is InChI=1S/C22H36N4O7S/c1-17(2)21(22(29)23-30)26(34(31,32)19-7-5-18(33-3)6-8-19)11-9-20(28)25-14-12-24(13-15-25)10-4-16-27/h5-8,17,21,27,30H,4,9-16H2,1-3H3,(H,23,29). The molecule has 1 aromatic rings. The molecule has 192 valence electrons. The molecule has 12 heteroatoms. The van der Waals surface area contributed by atoms with Crippen LogP contribution in [0.2, 0.25) is 0 Å². The number of nitrogens with one attached hydrogen (secondary N) is 1. The van der Waals surface area contributed by atoms with Crippen LogP contribution in [0.4, 0.5) is 0 Å². The molecule has 1 aliphatic heterocycles. The molecule has 1 aromatic carbocycles. The van der Waals surface area contributed by atoms with Crippen LogP contribution in [0.25, 0.3) is 0 Å². The molecule has 1 saturated heterocycles. The van der Waals surface area contributed by atoms with E-state index in [0.717, 1.165) is 10.8 Å². The maximum atomic E-state index is 13.5. The number of benzene rings is 1. The van der Waals surface area contributed by atoms with E-state index in [-0.39, 0.29) is 30.4 Å². The molecule has 0 aliphatic carbocycles. The fourth-order valence-corrected chi connectivity index (χ4v) is 5.72. The van der Waals surface area contributed by atoms with Gasteiger partial charge >= 0.3 is 0 Å². The minimum atomic E-state index is -4.17. The quantitative estimate of drug-likeness (QED) is 0.272. The molecule has 34 heavy (non-hydrogen) atoms. The molecule has 0 bridgehead atoms. The molecule has 1 aliphatic rings. The first-order valence-electron chi connectivity index (χ1n) is 11.4. The second kappa shape index (κ2) is 13.0. The minimum Gasteiger partial charge on any atom is -0.497 e. The third-order valence-corrected chi connectivity index (χ3v) is 7.79. The second-order valence-electron chi connectivity index (χ2n) is 8.51. The Kier molecular flexibility index (Phi) is 10.7. The predicted octanol–water partition coefficient (Wildman–Crippen LogP) is 0.133. The molecule has 2 rings (SSSR count). The van der Waals surface area contributed by atoms with Gasteiger partial charge in [0.15, 0.2) is 0 Å². The van der Waals surface area contributed by atoms with Gasteiger partial charge in [-0.25, -0.2) is 13.9 Å². The van der Waals surface area contributed by atoms with Crippen molar-refractivity contribution < 1.29 is 33.1 Å². The largest absolute Gasteiger partial charge is 0.497 e. The molecule has 0 saturated carbocycles. The van der Waals surface area contributed by atoms with E-state index in [9.17, 15) is 23.2 Å². The summed E-state index contributed by atoms with van der Waals surface area (Å²) in [5.41, 5.74) is 1.56. The van der Waals surface area contributed by atoms with Gasteiger partial charge in [0, 0.05) is 52.3 Å². The van der Waals surface area contributed by atoms with E-state index in [4.69, 9.17) is 9.84 Å². The third kappa shape index (κ3) is 7.12. The van der Waals surface area contributed by atoms with Crippen LogP contribution in [0.1, 0.15) is 26.7 Å². The van der Waals surface area contributed by atoms with Crippen molar-refractivity contribution in [2.75, 3.05) is 53.0 Å². The van der Waals surface area contributed by atoms with Gasteiger partial charge in [0.25, 0.3) is 5.91 Å². The number of nitrogens with zero attached hydrogens (tertiary/aromatic N) is 3. The van der Waals surface area contributed by atoms with Gasteiger partial charge in [0.05, 0.1) is 12.0 Å². The van der Waals surface area contributed by atoms with E-state index >= 15 is 0 Å². The maximum Gasteiger partial charge on any atom is 0.262 e. The normalized spacial score (nSPS) is 16.0. The summed E-state index contributed by atoms with van der Waals surface area (Å²) in [6.45, 7) is 6.40. The first-order valence-corrected chi connectivity index (χ1v) is 12.8. The summed E-state index contributed by atoms with van der Waals surface area (Å²) in [6, 6.07) is 4.55. The highest BCUT2D eigenvalue weighted by Gasteiger charge is 2.38. The van der Waals surface area contributed by atoms with Crippen molar-refractivity contribution >= 4 is 21.8 Å². The van der Waals surface area contributed by atoms with Gasteiger partial charge in [0.2, 0.25) is 15.9 Å². The number of carbonyl (C=O) groups excluding carboxylic acids is 2. The van der Waals surface area contributed by atoms with Gasteiger partial charge in [-0.2, -0.15) is 4.31 Å². The molecule has 1 heterocycles. The summed E-state index contributed by atoms with van der Waals surface area (Å²) >= 11 is 0. The zero-order chi connectivity index (χ0) is 25.3. The summed E-state index contributed by atoms with van der Waals surface area (Å²) < 4.78 is 33.1. The Labute approximate surface area is 201 Å². The monoisotopic (exact) mass is 500 g/mol. The molecule has 1 fully saturated rings. The van der Waals surface area contributed by atoms with E-state index in [0.29, 0.717) is 38.3 Å². The highest BCUT2D eigenvalue weighted by molar-refractivity contribution is 7.89. The van der Waals surface area contributed by atoms with Gasteiger partial charge in [-0.3, -0.25) is 19.7 Å². The van der Waals surface area contributed by atoms with Crippen molar-refractivity contribution in [2.24, 2.45) is 5.92 Å². The van der Waals surface area contributed by atoms with Gasteiger partial charge in [0.1, 0.15) is 11.8 Å². The smallest absolute Gasteiger partial charge is 0.262 e. The van der Waals surface area contributed by atoms with Crippen LogP contribution < -0.4 is 10.2 Å². The van der Waals surface area contributed by atoms with Crippen molar-refractivity contribution in [3.63, 3.8) is 0 Å². The number of sulfonamides is 1. The molecule has 11 nitrogen and oxygen atoms in total. The molecular formula is C22H36N4O7S. The molecule has 1 unspecified atom stereocenters. The number of aliphatic hydroxyl groups is 1. The molecule has 2 amide bonds. The van der Waals surface area contributed by atoms with Crippen LogP contribution in [0, 0.1) is 5.92 Å². The number of methoxy groups -OCH3 is 1. The number of hydrogen-bond donors (Lipinski definition) is 3. The molecule has 3 N–H and O–H groups in total. The molecule has 0 radical (unpaired) electrons. The minimum absolute atomic E-state index is 0.0466. The van der Waals surface area contributed by atoms with Crippen molar-refractivity contribution in [3.8, 4) is 5.75 Å². The van der Waals surface area contributed by atoms with Gasteiger partial charge < -0.3 is 14.7 Å². The Hall–Kier alpha value is -2.25. The molecule has 0 spiro atoms. The average molecular weight is 501 g/mol. The number of carbonyl (C=O) groups is 2. The number of hydrogen-bond acceptors (Lipinski definition) is 8. The highest BCUT2D eigenvalue weighted by Crippen LogP contribution is 2.25. The number of aliphatic hydroxyl groups excluding tert-OH is 1. The summed E-state index contributed by atoms with van der Waals surface area (Å²) in [7, 11) is -2.70.